The maximum atomic E-state index is 11.3. The molecule has 2 N–H and O–H groups in total. The smallest absolute Gasteiger partial charge is 0.244 e. The number of hydrogen-bond donors (Lipinski definition) is 2. The van der Waals surface area contributed by atoms with Crippen molar-refractivity contribution < 1.29 is 9.59 Å². The van der Waals surface area contributed by atoms with Crippen LogP contribution >= 0.6 is 15.9 Å². The van der Waals surface area contributed by atoms with Gasteiger partial charge in [-0.05, 0) is 34.5 Å². The van der Waals surface area contributed by atoms with Crippen molar-refractivity contribution in [2.45, 2.75) is 13.8 Å². The Balaban J connectivity index is 2.56. The molecule has 0 radical (unpaired) electrons. The molecule has 0 unspecified atom stereocenters. The maximum Gasteiger partial charge on any atom is 0.244 e. The number of amides is 2. The molecule has 0 saturated carbocycles. The molecule has 6 heteroatoms. The zero-order valence-corrected chi connectivity index (χ0v) is 10.6. The fourth-order valence-corrected chi connectivity index (χ4v) is 1.22. The Morgan fingerprint density at radius 1 is 1.50 bits per heavy atom. The zero-order chi connectivity index (χ0) is 12.1. The van der Waals surface area contributed by atoms with E-state index in [9.17, 15) is 9.59 Å². The lowest BCUT2D eigenvalue weighted by Gasteiger charge is -2.06. The van der Waals surface area contributed by atoms with Gasteiger partial charge in [-0.2, -0.15) is 0 Å². The molecular formula is C10H12BrN3O2. The first-order valence-corrected chi connectivity index (χ1v) is 5.45. The van der Waals surface area contributed by atoms with Crippen molar-refractivity contribution in [3.63, 3.8) is 0 Å². The Kier molecular flexibility index (Phi) is 4.42. The quantitative estimate of drug-likeness (QED) is 0.877. The van der Waals surface area contributed by atoms with Crippen LogP contribution in [0.5, 0.6) is 0 Å². The van der Waals surface area contributed by atoms with E-state index in [1.54, 1.807) is 12.3 Å². The Labute approximate surface area is 102 Å². The summed E-state index contributed by atoms with van der Waals surface area (Å²) in [6.07, 6.45) is 1.61. The molecule has 1 rings (SSSR count). The Hall–Kier alpha value is -1.43. The molecular weight excluding hydrogens is 274 g/mol. The van der Waals surface area contributed by atoms with Crippen LogP contribution in [0, 0.1) is 6.92 Å². The van der Waals surface area contributed by atoms with Gasteiger partial charge in [0, 0.05) is 17.6 Å². The molecule has 0 fully saturated rings. The van der Waals surface area contributed by atoms with Crippen LogP contribution in [-0.2, 0) is 9.59 Å². The van der Waals surface area contributed by atoms with Crippen LogP contribution in [-0.4, -0.2) is 23.3 Å². The van der Waals surface area contributed by atoms with Crippen molar-refractivity contribution in [3.8, 4) is 0 Å². The summed E-state index contributed by atoms with van der Waals surface area (Å²) < 4.78 is 0.882. The molecule has 1 aromatic heterocycles. The summed E-state index contributed by atoms with van der Waals surface area (Å²) in [6, 6.07) is 1.75. The largest absolute Gasteiger partial charge is 0.347 e. The third-order valence-corrected chi connectivity index (χ3v) is 2.64. The number of aromatic nitrogens is 1. The molecule has 0 aromatic carbocycles. The zero-order valence-electron chi connectivity index (χ0n) is 9.00. The van der Waals surface area contributed by atoms with E-state index < -0.39 is 0 Å². The van der Waals surface area contributed by atoms with E-state index in [0.29, 0.717) is 5.82 Å². The number of pyridine rings is 1. The number of aryl methyl sites for hydroxylation is 1. The summed E-state index contributed by atoms with van der Waals surface area (Å²) in [6.45, 7) is 3.21. The van der Waals surface area contributed by atoms with Gasteiger partial charge < -0.3 is 10.6 Å². The number of halogens is 1. The van der Waals surface area contributed by atoms with E-state index in [0.717, 1.165) is 10.0 Å². The van der Waals surface area contributed by atoms with E-state index in [-0.39, 0.29) is 18.4 Å². The van der Waals surface area contributed by atoms with Gasteiger partial charge in [-0.25, -0.2) is 4.98 Å². The Morgan fingerprint density at radius 2 is 2.19 bits per heavy atom. The van der Waals surface area contributed by atoms with Gasteiger partial charge in [0.05, 0.1) is 6.54 Å². The van der Waals surface area contributed by atoms with E-state index in [4.69, 9.17) is 0 Å². The summed E-state index contributed by atoms with van der Waals surface area (Å²) in [7, 11) is 0. The maximum absolute atomic E-state index is 11.3. The van der Waals surface area contributed by atoms with Crippen molar-refractivity contribution in [2.75, 3.05) is 11.9 Å². The second kappa shape index (κ2) is 5.60. The van der Waals surface area contributed by atoms with Gasteiger partial charge in [0.1, 0.15) is 5.82 Å². The first-order valence-electron chi connectivity index (χ1n) is 4.65. The topological polar surface area (TPSA) is 71.1 Å². The highest BCUT2D eigenvalue weighted by atomic mass is 79.9. The summed E-state index contributed by atoms with van der Waals surface area (Å²) in [5, 5.41) is 4.98. The molecule has 0 spiro atoms. The van der Waals surface area contributed by atoms with Gasteiger partial charge in [0.25, 0.3) is 0 Å². The molecule has 0 aliphatic carbocycles. The van der Waals surface area contributed by atoms with E-state index >= 15 is 0 Å². The molecule has 0 aliphatic heterocycles. The third kappa shape index (κ3) is 3.98. The highest BCUT2D eigenvalue weighted by Crippen LogP contribution is 2.16. The molecule has 1 heterocycles. The minimum Gasteiger partial charge on any atom is -0.347 e. The fraction of sp³-hybridized carbons (Fsp3) is 0.300. The normalized spacial score (nSPS) is 9.69. The lowest BCUT2D eigenvalue weighted by molar-refractivity contribution is -0.122. The minimum atomic E-state index is -0.301. The number of carbonyl (C=O) groups is 2. The molecule has 0 saturated heterocycles. The molecule has 0 aliphatic rings. The van der Waals surface area contributed by atoms with Crippen molar-refractivity contribution >= 4 is 33.6 Å². The predicted octanol–water partition coefficient (Wildman–Crippen LogP) is 1.23. The molecule has 0 bridgehead atoms. The SMILES string of the molecule is CC(=O)NCC(=O)Nc1cc(C)c(Br)cn1. The van der Waals surface area contributed by atoms with Crippen LogP contribution in [0.2, 0.25) is 0 Å². The van der Waals surface area contributed by atoms with Crippen LogP contribution in [0.25, 0.3) is 0 Å². The van der Waals surface area contributed by atoms with Gasteiger partial charge in [-0.15, -0.1) is 0 Å². The summed E-state index contributed by atoms with van der Waals surface area (Å²) >= 11 is 3.31. The van der Waals surface area contributed by atoms with Crippen LogP contribution in [0.15, 0.2) is 16.7 Å². The average Bonchev–Trinajstić information content (AvgIpc) is 2.21. The van der Waals surface area contributed by atoms with Crippen molar-refractivity contribution in [2.24, 2.45) is 0 Å². The van der Waals surface area contributed by atoms with Gasteiger partial charge in [-0.1, -0.05) is 0 Å². The molecule has 1 aromatic rings. The summed E-state index contributed by atoms with van der Waals surface area (Å²) in [5.74, 6) is -0.0735. The minimum absolute atomic E-state index is 0.0495. The van der Waals surface area contributed by atoms with Crippen LogP contribution < -0.4 is 10.6 Å². The van der Waals surface area contributed by atoms with Crippen molar-refractivity contribution in [1.82, 2.24) is 10.3 Å². The summed E-state index contributed by atoms with van der Waals surface area (Å²) in [4.78, 5) is 25.9. The summed E-state index contributed by atoms with van der Waals surface area (Å²) in [5.41, 5.74) is 0.977. The molecule has 2 amide bonds. The second-order valence-corrected chi connectivity index (χ2v) is 4.13. The number of carbonyl (C=O) groups excluding carboxylic acids is 2. The highest BCUT2D eigenvalue weighted by Gasteiger charge is 2.04. The highest BCUT2D eigenvalue weighted by molar-refractivity contribution is 9.10. The van der Waals surface area contributed by atoms with Crippen molar-refractivity contribution in [3.05, 3.63) is 22.3 Å². The predicted molar refractivity (Wildman–Crippen MR) is 64.0 cm³/mol. The van der Waals surface area contributed by atoms with Crippen LogP contribution in [0.4, 0.5) is 5.82 Å². The standard InChI is InChI=1S/C10H12BrN3O2/c1-6-3-9(13-4-8(6)11)14-10(16)5-12-7(2)15/h3-4H,5H2,1-2H3,(H,12,15)(H,13,14,16). The average molecular weight is 286 g/mol. The number of hydrogen-bond acceptors (Lipinski definition) is 3. The van der Waals surface area contributed by atoms with Gasteiger partial charge >= 0.3 is 0 Å². The van der Waals surface area contributed by atoms with E-state index in [1.807, 2.05) is 6.92 Å². The van der Waals surface area contributed by atoms with E-state index in [1.165, 1.54) is 6.92 Å². The second-order valence-electron chi connectivity index (χ2n) is 3.28. The number of nitrogens with zero attached hydrogens (tertiary/aromatic N) is 1. The molecule has 86 valence electrons. The third-order valence-electron chi connectivity index (χ3n) is 1.81. The lowest BCUT2D eigenvalue weighted by atomic mass is 10.3. The Morgan fingerprint density at radius 3 is 2.75 bits per heavy atom. The first-order chi connectivity index (χ1) is 7.49. The monoisotopic (exact) mass is 285 g/mol. The first kappa shape index (κ1) is 12.6. The van der Waals surface area contributed by atoms with Crippen LogP contribution in [0.3, 0.4) is 0 Å². The fourth-order valence-electron chi connectivity index (χ4n) is 0.999. The van der Waals surface area contributed by atoms with Crippen molar-refractivity contribution in [1.29, 1.82) is 0 Å². The number of nitrogens with one attached hydrogen (secondary N) is 2. The molecule has 16 heavy (non-hydrogen) atoms. The number of rotatable bonds is 3. The van der Waals surface area contributed by atoms with Gasteiger partial charge in [-0.3, -0.25) is 9.59 Å². The van der Waals surface area contributed by atoms with Gasteiger partial charge in [0.15, 0.2) is 0 Å². The molecule has 0 atom stereocenters. The molecule has 5 nitrogen and oxygen atoms in total. The number of anilines is 1. The Bertz CT molecular complexity index is 421. The van der Waals surface area contributed by atoms with E-state index in [2.05, 4.69) is 31.5 Å². The van der Waals surface area contributed by atoms with Gasteiger partial charge in [0.2, 0.25) is 11.8 Å². The lowest BCUT2D eigenvalue weighted by Crippen LogP contribution is -2.31. The van der Waals surface area contributed by atoms with Crippen LogP contribution in [0.1, 0.15) is 12.5 Å².